The van der Waals surface area contributed by atoms with Crippen molar-refractivity contribution in [3.05, 3.63) is 0 Å². The Balaban J connectivity index is 2.63. The highest BCUT2D eigenvalue weighted by Crippen LogP contribution is 2.25. The Kier molecular flexibility index (Phi) is 3.06. The zero-order chi connectivity index (χ0) is 9.30. The molecule has 0 aromatic heterocycles. The fraction of sp³-hybridized carbons (Fsp3) is 1.00. The van der Waals surface area contributed by atoms with Gasteiger partial charge in [-0.15, -0.1) is 0 Å². The van der Waals surface area contributed by atoms with E-state index in [4.69, 9.17) is 9.84 Å². The Morgan fingerprint density at radius 1 is 1.17 bits per heavy atom. The lowest BCUT2D eigenvalue weighted by Crippen LogP contribution is -2.53. The minimum atomic E-state index is -0.845. The van der Waals surface area contributed by atoms with Gasteiger partial charge in [0.25, 0.3) is 0 Å². The molecule has 1 heterocycles. The Bertz CT molecular complexity index is 145. The number of rotatable bonds is 1. The van der Waals surface area contributed by atoms with Crippen LogP contribution in [0.2, 0.25) is 0 Å². The van der Waals surface area contributed by atoms with Crippen LogP contribution in [-0.4, -0.2) is 46.3 Å². The number of aliphatic hydroxyl groups excluding tert-OH is 3. The summed E-state index contributed by atoms with van der Waals surface area (Å²) in [6.07, 6.45) is -2.42. The molecule has 3 N–H and O–H groups in total. The topological polar surface area (TPSA) is 69.9 Å². The van der Waals surface area contributed by atoms with Gasteiger partial charge in [-0.05, 0) is 6.92 Å². The molecule has 1 fully saturated rings. The minimum absolute atomic E-state index is 0.116. The van der Waals surface area contributed by atoms with E-state index in [2.05, 4.69) is 0 Å². The first-order chi connectivity index (χ1) is 5.57. The lowest BCUT2D eigenvalue weighted by atomic mass is 9.89. The van der Waals surface area contributed by atoms with Gasteiger partial charge in [0.05, 0.1) is 24.9 Å². The van der Waals surface area contributed by atoms with Gasteiger partial charge in [-0.2, -0.15) is 0 Å². The van der Waals surface area contributed by atoms with Crippen molar-refractivity contribution in [1.82, 2.24) is 0 Å². The van der Waals surface area contributed by atoms with Gasteiger partial charge in [0.15, 0.2) is 0 Å². The fourth-order valence-corrected chi connectivity index (χ4v) is 1.50. The van der Waals surface area contributed by atoms with Crippen LogP contribution >= 0.6 is 0 Å². The van der Waals surface area contributed by atoms with Gasteiger partial charge >= 0.3 is 0 Å². The first-order valence-corrected chi connectivity index (χ1v) is 4.20. The van der Waals surface area contributed by atoms with Gasteiger partial charge in [-0.3, -0.25) is 0 Å². The molecular weight excluding hydrogens is 160 g/mol. The normalized spacial score (nSPS) is 49.2. The van der Waals surface area contributed by atoms with Crippen molar-refractivity contribution in [3.8, 4) is 0 Å². The van der Waals surface area contributed by atoms with E-state index in [0.29, 0.717) is 0 Å². The second-order valence-electron chi connectivity index (χ2n) is 3.40. The quantitative estimate of drug-likeness (QED) is 0.485. The second kappa shape index (κ2) is 3.70. The molecule has 72 valence electrons. The number of hydrogen-bond donors (Lipinski definition) is 3. The molecule has 1 aliphatic rings. The van der Waals surface area contributed by atoms with E-state index < -0.39 is 18.3 Å². The average Bonchev–Trinajstić information content (AvgIpc) is 2.08. The molecule has 12 heavy (non-hydrogen) atoms. The molecule has 0 aromatic rings. The zero-order valence-electron chi connectivity index (χ0n) is 7.34. The Morgan fingerprint density at radius 3 is 2.25 bits per heavy atom. The van der Waals surface area contributed by atoms with Gasteiger partial charge in [0.1, 0.15) is 6.10 Å². The van der Waals surface area contributed by atoms with Crippen molar-refractivity contribution in [2.75, 3.05) is 6.61 Å². The van der Waals surface area contributed by atoms with Gasteiger partial charge in [-0.1, -0.05) is 6.92 Å². The highest BCUT2D eigenvalue weighted by molar-refractivity contribution is 4.87. The molecule has 4 nitrogen and oxygen atoms in total. The largest absolute Gasteiger partial charge is 0.394 e. The van der Waals surface area contributed by atoms with Crippen molar-refractivity contribution >= 4 is 0 Å². The maximum Gasteiger partial charge on any atom is 0.106 e. The molecule has 0 spiro atoms. The van der Waals surface area contributed by atoms with Crippen LogP contribution in [0.1, 0.15) is 13.8 Å². The number of hydrogen-bond acceptors (Lipinski definition) is 4. The summed E-state index contributed by atoms with van der Waals surface area (Å²) in [5.74, 6) is -0.221. The molecule has 4 heteroatoms. The average molecular weight is 176 g/mol. The summed E-state index contributed by atoms with van der Waals surface area (Å²) in [6.45, 7) is 3.32. The maximum absolute atomic E-state index is 9.48. The van der Waals surface area contributed by atoms with Crippen LogP contribution in [-0.2, 0) is 4.74 Å². The maximum atomic E-state index is 9.48. The molecule has 0 aliphatic carbocycles. The van der Waals surface area contributed by atoms with Crippen molar-refractivity contribution in [1.29, 1.82) is 0 Å². The van der Waals surface area contributed by atoms with Crippen molar-refractivity contribution in [2.45, 2.75) is 38.3 Å². The summed E-state index contributed by atoms with van der Waals surface area (Å²) in [7, 11) is 0. The lowest BCUT2D eigenvalue weighted by Gasteiger charge is -2.39. The second-order valence-corrected chi connectivity index (χ2v) is 3.40. The minimum Gasteiger partial charge on any atom is -0.394 e. The van der Waals surface area contributed by atoms with Crippen molar-refractivity contribution in [3.63, 3.8) is 0 Å². The number of ether oxygens (including phenoxy) is 1. The number of aliphatic hydroxyl groups is 3. The van der Waals surface area contributed by atoms with Crippen LogP contribution in [0.3, 0.4) is 0 Å². The lowest BCUT2D eigenvalue weighted by molar-refractivity contribution is -0.198. The highest BCUT2D eigenvalue weighted by atomic mass is 16.5. The molecule has 1 rings (SSSR count). The summed E-state index contributed by atoms with van der Waals surface area (Å²) in [4.78, 5) is 0. The van der Waals surface area contributed by atoms with E-state index in [1.807, 2.05) is 0 Å². The third-order valence-corrected chi connectivity index (χ3v) is 2.53. The first-order valence-electron chi connectivity index (χ1n) is 4.20. The van der Waals surface area contributed by atoms with Gasteiger partial charge in [-0.25, -0.2) is 0 Å². The summed E-state index contributed by atoms with van der Waals surface area (Å²) in [5, 5.41) is 27.7. The van der Waals surface area contributed by atoms with Crippen LogP contribution in [0.15, 0.2) is 0 Å². The molecule has 0 saturated carbocycles. The Morgan fingerprint density at radius 2 is 1.75 bits per heavy atom. The smallest absolute Gasteiger partial charge is 0.106 e. The van der Waals surface area contributed by atoms with E-state index in [9.17, 15) is 10.2 Å². The third kappa shape index (κ3) is 1.61. The molecule has 1 aliphatic heterocycles. The fourth-order valence-electron chi connectivity index (χ4n) is 1.50. The van der Waals surface area contributed by atoms with Gasteiger partial charge < -0.3 is 20.1 Å². The van der Waals surface area contributed by atoms with Crippen LogP contribution < -0.4 is 0 Å². The van der Waals surface area contributed by atoms with E-state index in [-0.39, 0.29) is 18.6 Å². The zero-order valence-corrected chi connectivity index (χ0v) is 7.34. The van der Waals surface area contributed by atoms with Gasteiger partial charge in [0, 0.05) is 5.92 Å². The molecule has 0 radical (unpaired) electrons. The van der Waals surface area contributed by atoms with Crippen molar-refractivity contribution < 1.29 is 20.1 Å². The van der Waals surface area contributed by atoms with E-state index >= 15 is 0 Å². The molecule has 1 saturated heterocycles. The summed E-state index contributed by atoms with van der Waals surface area (Å²) < 4.78 is 5.27. The van der Waals surface area contributed by atoms with Gasteiger partial charge in [0.2, 0.25) is 0 Å². The Labute approximate surface area is 71.8 Å². The summed E-state index contributed by atoms with van der Waals surface area (Å²) in [6, 6.07) is 0. The molecule has 0 aromatic carbocycles. The SMILES string of the molecule is C[C@@H]1C(CO)O[C@H](C)C(O)C1O. The van der Waals surface area contributed by atoms with Crippen LogP contribution in [0, 0.1) is 5.92 Å². The predicted octanol–water partition coefficient (Wildman–Crippen LogP) is -0.876. The Hall–Kier alpha value is -0.160. The van der Waals surface area contributed by atoms with Crippen LogP contribution in [0.5, 0.6) is 0 Å². The first kappa shape index (κ1) is 9.92. The van der Waals surface area contributed by atoms with E-state index in [1.165, 1.54) is 0 Å². The van der Waals surface area contributed by atoms with Crippen molar-refractivity contribution in [2.24, 2.45) is 5.92 Å². The standard InChI is InChI=1S/C8H16O4/c1-4-6(3-9)12-5(2)8(11)7(4)10/h4-11H,3H2,1-2H3/t4-,5-,6?,7?,8?/m1/s1. The van der Waals surface area contributed by atoms with E-state index in [1.54, 1.807) is 13.8 Å². The van der Waals surface area contributed by atoms with Crippen LogP contribution in [0.4, 0.5) is 0 Å². The predicted molar refractivity (Wildman–Crippen MR) is 42.6 cm³/mol. The molecule has 0 amide bonds. The molecule has 5 atom stereocenters. The molecule has 3 unspecified atom stereocenters. The van der Waals surface area contributed by atoms with E-state index in [0.717, 1.165) is 0 Å². The molecular formula is C8H16O4. The third-order valence-electron chi connectivity index (χ3n) is 2.53. The molecule has 0 bridgehead atoms. The monoisotopic (exact) mass is 176 g/mol. The van der Waals surface area contributed by atoms with Crippen LogP contribution in [0.25, 0.3) is 0 Å². The summed E-state index contributed by atoms with van der Waals surface area (Å²) >= 11 is 0. The summed E-state index contributed by atoms with van der Waals surface area (Å²) in [5.41, 5.74) is 0. The highest BCUT2D eigenvalue weighted by Gasteiger charge is 2.39.